The molecule has 0 atom stereocenters. The number of nitro benzene ring substituents is 1. The van der Waals surface area contributed by atoms with Crippen molar-refractivity contribution in [1.82, 2.24) is 0 Å². The minimum atomic E-state index is -0.458. The maximum Gasteiger partial charge on any atom is 0.269 e. The van der Waals surface area contributed by atoms with Crippen molar-refractivity contribution >= 4 is 52.1 Å². The van der Waals surface area contributed by atoms with E-state index in [0.29, 0.717) is 37.5 Å². The van der Waals surface area contributed by atoms with Gasteiger partial charge in [-0.15, -0.1) is 0 Å². The SMILES string of the molecule is N#C/C(=C\c1ccc(OCc2ccc([N+](=O)[O-])cc2)c(Cl)c1)c1ccc(Cl)cc1Cl. The molecule has 0 radical (unpaired) electrons. The molecule has 0 aliphatic carbocycles. The van der Waals surface area contributed by atoms with Gasteiger partial charge in [-0.1, -0.05) is 46.9 Å². The number of ether oxygens (including phenoxy) is 1. The third-order valence-electron chi connectivity index (χ3n) is 4.15. The van der Waals surface area contributed by atoms with Crippen molar-refractivity contribution in [3.8, 4) is 11.8 Å². The van der Waals surface area contributed by atoms with Gasteiger partial charge in [-0.05, 0) is 53.6 Å². The molecule has 30 heavy (non-hydrogen) atoms. The van der Waals surface area contributed by atoms with E-state index >= 15 is 0 Å². The van der Waals surface area contributed by atoms with Crippen molar-refractivity contribution in [1.29, 1.82) is 5.26 Å². The van der Waals surface area contributed by atoms with Gasteiger partial charge in [0, 0.05) is 22.7 Å². The van der Waals surface area contributed by atoms with E-state index in [2.05, 4.69) is 6.07 Å². The van der Waals surface area contributed by atoms with Crippen LogP contribution < -0.4 is 4.74 Å². The Labute approximate surface area is 187 Å². The summed E-state index contributed by atoms with van der Waals surface area (Å²) in [6.45, 7) is 0.205. The molecule has 0 aliphatic rings. The summed E-state index contributed by atoms with van der Waals surface area (Å²) >= 11 is 18.4. The molecule has 0 heterocycles. The molecular formula is C22H13Cl3N2O3. The van der Waals surface area contributed by atoms with Crippen LogP contribution in [0, 0.1) is 21.4 Å². The van der Waals surface area contributed by atoms with Gasteiger partial charge in [0.05, 0.1) is 26.6 Å². The number of hydrogen-bond acceptors (Lipinski definition) is 4. The number of halogens is 3. The maximum atomic E-state index is 10.7. The molecule has 0 spiro atoms. The van der Waals surface area contributed by atoms with Crippen molar-refractivity contribution in [3.05, 3.63) is 103 Å². The van der Waals surface area contributed by atoms with Crippen LogP contribution in [0.2, 0.25) is 15.1 Å². The first-order chi connectivity index (χ1) is 14.4. The standard InChI is InChI=1S/C22H13Cl3N2O3/c23-17-4-7-19(20(24)11-17)16(12-26)9-15-3-8-22(21(25)10-15)30-13-14-1-5-18(6-2-14)27(28)29/h1-11H,13H2/b16-9+. The van der Waals surface area contributed by atoms with Crippen molar-refractivity contribution in [2.75, 3.05) is 0 Å². The van der Waals surface area contributed by atoms with Crippen molar-refractivity contribution in [2.45, 2.75) is 6.61 Å². The van der Waals surface area contributed by atoms with Gasteiger partial charge in [-0.2, -0.15) is 5.26 Å². The van der Waals surface area contributed by atoms with Gasteiger partial charge in [0.25, 0.3) is 5.69 Å². The van der Waals surface area contributed by atoms with Crippen LogP contribution in [0.15, 0.2) is 60.7 Å². The lowest BCUT2D eigenvalue weighted by atomic mass is 10.0. The predicted molar refractivity (Wildman–Crippen MR) is 119 cm³/mol. The summed E-state index contributed by atoms with van der Waals surface area (Å²) in [7, 11) is 0. The number of benzene rings is 3. The van der Waals surface area contributed by atoms with Crippen LogP contribution in [0.5, 0.6) is 5.75 Å². The van der Waals surface area contributed by atoms with Crippen LogP contribution in [0.3, 0.4) is 0 Å². The maximum absolute atomic E-state index is 10.7. The Bertz CT molecular complexity index is 1170. The lowest BCUT2D eigenvalue weighted by Crippen LogP contribution is -1.97. The predicted octanol–water partition coefficient (Wildman–Crippen LogP) is 7.20. The van der Waals surface area contributed by atoms with Crippen LogP contribution in [-0.4, -0.2) is 4.92 Å². The molecule has 3 rings (SSSR count). The summed E-state index contributed by atoms with van der Waals surface area (Å²) < 4.78 is 5.70. The fourth-order valence-corrected chi connectivity index (χ4v) is 3.40. The number of allylic oxidation sites excluding steroid dienone is 1. The molecule has 0 bridgehead atoms. The molecule has 5 nitrogen and oxygen atoms in total. The molecule has 0 fully saturated rings. The van der Waals surface area contributed by atoms with Gasteiger partial charge < -0.3 is 4.74 Å². The first-order valence-electron chi connectivity index (χ1n) is 8.60. The minimum absolute atomic E-state index is 0.0158. The Kier molecular flexibility index (Phi) is 6.96. The summed E-state index contributed by atoms with van der Waals surface area (Å²) in [6.07, 6.45) is 1.67. The van der Waals surface area contributed by atoms with E-state index < -0.39 is 4.92 Å². The molecule has 0 amide bonds. The van der Waals surface area contributed by atoms with Crippen molar-refractivity contribution < 1.29 is 9.66 Å². The van der Waals surface area contributed by atoms with E-state index in [9.17, 15) is 15.4 Å². The molecule has 0 aromatic heterocycles. The van der Waals surface area contributed by atoms with Crippen LogP contribution in [0.4, 0.5) is 5.69 Å². The minimum Gasteiger partial charge on any atom is -0.487 e. The molecule has 0 aliphatic heterocycles. The second-order valence-corrected chi connectivity index (χ2v) is 7.45. The zero-order valence-electron chi connectivity index (χ0n) is 15.3. The number of rotatable bonds is 6. The van der Waals surface area contributed by atoms with Crippen LogP contribution in [0.1, 0.15) is 16.7 Å². The lowest BCUT2D eigenvalue weighted by Gasteiger charge is -2.09. The largest absolute Gasteiger partial charge is 0.487 e. The van der Waals surface area contributed by atoms with Gasteiger partial charge in [0.2, 0.25) is 0 Å². The van der Waals surface area contributed by atoms with E-state index in [1.807, 2.05) is 0 Å². The highest BCUT2D eigenvalue weighted by molar-refractivity contribution is 6.36. The zero-order valence-corrected chi connectivity index (χ0v) is 17.6. The monoisotopic (exact) mass is 458 g/mol. The van der Waals surface area contributed by atoms with Crippen molar-refractivity contribution in [2.24, 2.45) is 0 Å². The van der Waals surface area contributed by atoms with Gasteiger partial charge in [0.15, 0.2) is 0 Å². The van der Waals surface area contributed by atoms with Gasteiger partial charge in [-0.3, -0.25) is 10.1 Å². The third kappa shape index (κ3) is 5.31. The van der Waals surface area contributed by atoms with Gasteiger partial charge in [0.1, 0.15) is 12.4 Å². The fourth-order valence-electron chi connectivity index (χ4n) is 2.64. The highest BCUT2D eigenvalue weighted by Crippen LogP contribution is 2.31. The topological polar surface area (TPSA) is 76.2 Å². The first-order valence-corrected chi connectivity index (χ1v) is 9.73. The number of nitro groups is 1. The summed E-state index contributed by atoms with van der Waals surface area (Å²) in [5.41, 5.74) is 2.42. The molecule has 150 valence electrons. The van der Waals surface area contributed by atoms with Gasteiger partial charge in [-0.25, -0.2) is 0 Å². The Morgan fingerprint density at radius 2 is 1.77 bits per heavy atom. The van der Waals surface area contributed by atoms with Crippen LogP contribution >= 0.6 is 34.8 Å². The van der Waals surface area contributed by atoms with E-state index in [0.717, 1.165) is 5.56 Å². The van der Waals surface area contributed by atoms with E-state index in [4.69, 9.17) is 39.5 Å². The molecular weight excluding hydrogens is 447 g/mol. The summed E-state index contributed by atoms with van der Waals surface area (Å²) in [5, 5.41) is 21.5. The molecule has 0 saturated heterocycles. The lowest BCUT2D eigenvalue weighted by molar-refractivity contribution is -0.384. The molecule has 3 aromatic rings. The van der Waals surface area contributed by atoms with Crippen LogP contribution in [-0.2, 0) is 6.61 Å². The number of non-ortho nitro benzene ring substituents is 1. The number of hydrogen-bond donors (Lipinski definition) is 0. The second kappa shape index (κ2) is 9.64. The zero-order chi connectivity index (χ0) is 21.7. The Morgan fingerprint density at radius 3 is 2.37 bits per heavy atom. The second-order valence-electron chi connectivity index (χ2n) is 6.20. The molecule has 3 aromatic carbocycles. The van der Waals surface area contributed by atoms with E-state index in [1.54, 1.807) is 54.6 Å². The normalized spacial score (nSPS) is 11.1. The molecule has 0 saturated carbocycles. The highest BCUT2D eigenvalue weighted by Gasteiger charge is 2.09. The summed E-state index contributed by atoms with van der Waals surface area (Å²) in [6, 6.07) is 18.3. The summed E-state index contributed by atoms with van der Waals surface area (Å²) in [4.78, 5) is 10.3. The average molecular weight is 460 g/mol. The molecule has 8 heteroatoms. The van der Waals surface area contributed by atoms with Crippen molar-refractivity contribution in [3.63, 3.8) is 0 Å². The summed E-state index contributed by atoms with van der Waals surface area (Å²) in [5.74, 6) is 0.454. The number of nitrogens with zero attached hydrogens (tertiary/aromatic N) is 2. The molecule has 0 N–H and O–H groups in total. The van der Waals surface area contributed by atoms with Gasteiger partial charge >= 0.3 is 0 Å². The quantitative estimate of drug-likeness (QED) is 0.169. The Balaban J connectivity index is 1.76. The first kappa shape index (κ1) is 21.7. The van der Waals surface area contributed by atoms with Crippen LogP contribution in [0.25, 0.3) is 11.6 Å². The Morgan fingerprint density at radius 1 is 1.03 bits per heavy atom. The van der Waals surface area contributed by atoms with E-state index in [1.165, 1.54) is 12.1 Å². The Hall–Kier alpha value is -3.04. The molecule has 0 unspecified atom stereocenters. The highest BCUT2D eigenvalue weighted by atomic mass is 35.5. The van der Waals surface area contributed by atoms with E-state index in [-0.39, 0.29) is 12.3 Å². The fraction of sp³-hybridized carbons (Fsp3) is 0.0455. The number of nitriles is 1. The third-order valence-corrected chi connectivity index (χ3v) is 4.99. The average Bonchev–Trinajstić information content (AvgIpc) is 2.72. The smallest absolute Gasteiger partial charge is 0.269 e.